The van der Waals surface area contributed by atoms with Crippen LogP contribution in [0.25, 0.3) is 0 Å². The Bertz CT molecular complexity index is 330. The minimum Gasteiger partial charge on any atom is -0.396 e. The van der Waals surface area contributed by atoms with Crippen molar-refractivity contribution in [2.45, 2.75) is 26.7 Å². The molecule has 2 rings (SSSR count). The molecule has 0 radical (unpaired) electrons. The zero-order chi connectivity index (χ0) is 9.47. The first kappa shape index (κ1) is 8.76. The van der Waals surface area contributed by atoms with Gasteiger partial charge in [-0.2, -0.15) is 0 Å². The number of aliphatic hydroxyl groups is 1. The number of rotatable bonds is 1. The summed E-state index contributed by atoms with van der Waals surface area (Å²) in [5, 5.41) is 9.27. The molecule has 0 saturated heterocycles. The third-order valence-electron chi connectivity index (χ3n) is 2.98. The summed E-state index contributed by atoms with van der Waals surface area (Å²) in [4.78, 5) is 0. The predicted octanol–water partition coefficient (Wildman–Crippen LogP) is 2.09. The Hall–Kier alpha value is -0.820. The van der Waals surface area contributed by atoms with Crippen LogP contribution in [0.4, 0.5) is 0 Å². The summed E-state index contributed by atoms with van der Waals surface area (Å²) < 4.78 is 0. The lowest BCUT2D eigenvalue weighted by molar-refractivity contribution is 0.152. The van der Waals surface area contributed by atoms with Gasteiger partial charge in [0.1, 0.15) is 0 Å². The van der Waals surface area contributed by atoms with E-state index < -0.39 is 0 Å². The molecule has 0 amide bonds. The van der Waals surface area contributed by atoms with Crippen molar-refractivity contribution in [1.29, 1.82) is 0 Å². The molecular formula is C12H16O. The molecule has 1 heteroatoms. The molecule has 0 aliphatic heterocycles. The fraction of sp³-hybridized carbons (Fsp3) is 0.500. The largest absolute Gasteiger partial charge is 0.396 e. The second-order valence-corrected chi connectivity index (χ2v) is 4.59. The first-order valence-corrected chi connectivity index (χ1v) is 4.82. The fourth-order valence-corrected chi connectivity index (χ4v) is 2.19. The summed E-state index contributed by atoms with van der Waals surface area (Å²) in [6.45, 7) is 4.57. The van der Waals surface area contributed by atoms with Crippen LogP contribution in [0.1, 0.15) is 23.6 Å². The van der Waals surface area contributed by atoms with Gasteiger partial charge < -0.3 is 5.11 Å². The molecule has 0 heterocycles. The van der Waals surface area contributed by atoms with Crippen LogP contribution in [0, 0.1) is 12.3 Å². The van der Waals surface area contributed by atoms with Crippen LogP contribution < -0.4 is 0 Å². The van der Waals surface area contributed by atoms with Gasteiger partial charge in [0.05, 0.1) is 0 Å². The Labute approximate surface area is 79.4 Å². The van der Waals surface area contributed by atoms with Gasteiger partial charge in [-0.25, -0.2) is 0 Å². The van der Waals surface area contributed by atoms with E-state index >= 15 is 0 Å². The molecule has 0 spiro atoms. The Balaban J connectivity index is 2.35. The highest BCUT2D eigenvalue weighted by Crippen LogP contribution is 2.36. The van der Waals surface area contributed by atoms with E-state index in [4.69, 9.17) is 0 Å². The van der Waals surface area contributed by atoms with Gasteiger partial charge in [0.15, 0.2) is 0 Å². The molecule has 1 nitrogen and oxygen atoms in total. The normalized spacial score (nSPS) is 26.1. The maximum atomic E-state index is 9.27. The van der Waals surface area contributed by atoms with E-state index in [0.29, 0.717) is 6.61 Å². The van der Waals surface area contributed by atoms with Gasteiger partial charge in [0.25, 0.3) is 0 Å². The van der Waals surface area contributed by atoms with Gasteiger partial charge in [-0.05, 0) is 36.3 Å². The Morgan fingerprint density at radius 2 is 2.00 bits per heavy atom. The lowest BCUT2D eigenvalue weighted by atomic mass is 9.88. The molecule has 1 aromatic carbocycles. The van der Waals surface area contributed by atoms with Crippen LogP contribution in [-0.2, 0) is 12.8 Å². The first-order chi connectivity index (χ1) is 6.13. The molecule has 70 valence electrons. The van der Waals surface area contributed by atoms with E-state index in [1.54, 1.807) is 0 Å². The van der Waals surface area contributed by atoms with E-state index in [1.807, 2.05) is 0 Å². The maximum absolute atomic E-state index is 9.27. The lowest BCUT2D eigenvalue weighted by Crippen LogP contribution is -2.21. The first-order valence-electron chi connectivity index (χ1n) is 4.82. The molecule has 1 aliphatic rings. The highest BCUT2D eigenvalue weighted by Gasteiger charge is 2.31. The molecule has 13 heavy (non-hydrogen) atoms. The van der Waals surface area contributed by atoms with Crippen molar-refractivity contribution in [2.24, 2.45) is 5.41 Å². The van der Waals surface area contributed by atoms with Crippen molar-refractivity contribution >= 4 is 0 Å². The molecule has 0 saturated carbocycles. The average molecular weight is 176 g/mol. The summed E-state index contributed by atoms with van der Waals surface area (Å²) in [6.07, 6.45) is 2.06. The van der Waals surface area contributed by atoms with E-state index in [0.717, 1.165) is 12.8 Å². The molecule has 1 atom stereocenters. The standard InChI is InChI=1S/C12H16O/c1-9-3-4-10-6-12(2,8-13)7-11(10)5-9/h3-5,13H,6-8H2,1-2H3. The molecule has 0 bridgehead atoms. The SMILES string of the molecule is Cc1ccc2c(c1)CC(C)(CO)C2. The van der Waals surface area contributed by atoms with Crippen molar-refractivity contribution in [2.75, 3.05) is 6.61 Å². The van der Waals surface area contributed by atoms with Crippen LogP contribution in [0.15, 0.2) is 18.2 Å². The van der Waals surface area contributed by atoms with Crippen molar-refractivity contribution in [3.63, 3.8) is 0 Å². The highest BCUT2D eigenvalue weighted by atomic mass is 16.3. The number of benzene rings is 1. The van der Waals surface area contributed by atoms with E-state index in [-0.39, 0.29) is 5.41 Å². The summed E-state index contributed by atoms with van der Waals surface area (Å²) in [6, 6.07) is 6.60. The second-order valence-electron chi connectivity index (χ2n) is 4.59. The molecule has 0 fully saturated rings. The van der Waals surface area contributed by atoms with Gasteiger partial charge in [0, 0.05) is 6.61 Å². The topological polar surface area (TPSA) is 20.2 Å². The van der Waals surface area contributed by atoms with Crippen LogP contribution in [-0.4, -0.2) is 11.7 Å². The highest BCUT2D eigenvalue weighted by molar-refractivity contribution is 5.37. The van der Waals surface area contributed by atoms with Gasteiger partial charge in [-0.1, -0.05) is 30.7 Å². The van der Waals surface area contributed by atoms with Crippen LogP contribution >= 0.6 is 0 Å². The Morgan fingerprint density at radius 1 is 1.31 bits per heavy atom. The minimum atomic E-state index is 0.0934. The quantitative estimate of drug-likeness (QED) is 0.694. The average Bonchev–Trinajstić information content (AvgIpc) is 2.42. The number of hydrogen-bond acceptors (Lipinski definition) is 1. The molecule has 1 N–H and O–H groups in total. The smallest absolute Gasteiger partial charge is 0.0491 e. The summed E-state index contributed by atoms with van der Waals surface area (Å²) in [5.74, 6) is 0. The van der Waals surface area contributed by atoms with Gasteiger partial charge in [-0.15, -0.1) is 0 Å². The summed E-state index contributed by atoms with van der Waals surface area (Å²) >= 11 is 0. The van der Waals surface area contributed by atoms with E-state index in [2.05, 4.69) is 32.0 Å². The van der Waals surface area contributed by atoms with Crippen molar-refractivity contribution in [3.05, 3.63) is 34.9 Å². The van der Waals surface area contributed by atoms with Crippen LogP contribution in [0.2, 0.25) is 0 Å². The van der Waals surface area contributed by atoms with E-state index in [9.17, 15) is 5.11 Å². The van der Waals surface area contributed by atoms with Gasteiger partial charge in [0.2, 0.25) is 0 Å². The monoisotopic (exact) mass is 176 g/mol. The number of hydrogen-bond donors (Lipinski definition) is 1. The zero-order valence-electron chi connectivity index (χ0n) is 8.30. The van der Waals surface area contributed by atoms with Gasteiger partial charge in [-0.3, -0.25) is 0 Å². The molecular weight excluding hydrogens is 160 g/mol. The third-order valence-corrected chi connectivity index (χ3v) is 2.98. The number of fused-ring (bicyclic) bond motifs is 1. The third kappa shape index (κ3) is 1.49. The molecule has 0 aromatic heterocycles. The lowest BCUT2D eigenvalue weighted by Gasteiger charge is -2.19. The second kappa shape index (κ2) is 2.85. The van der Waals surface area contributed by atoms with Crippen LogP contribution in [0.3, 0.4) is 0 Å². The summed E-state index contributed by atoms with van der Waals surface area (Å²) in [7, 11) is 0. The molecule has 1 aliphatic carbocycles. The maximum Gasteiger partial charge on any atom is 0.0491 e. The predicted molar refractivity (Wildman–Crippen MR) is 53.8 cm³/mol. The summed E-state index contributed by atoms with van der Waals surface area (Å²) in [5.41, 5.74) is 4.26. The Morgan fingerprint density at radius 3 is 2.69 bits per heavy atom. The molecule has 1 unspecified atom stereocenters. The van der Waals surface area contributed by atoms with Crippen molar-refractivity contribution in [3.8, 4) is 0 Å². The minimum absolute atomic E-state index is 0.0934. The van der Waals surface area contributed by atoms with Crippen molar-refractivity contribution < 1.29 is 5.11 Å². The molecule has 1 aromatic rings. The van der Waals surface area contributed by atoms with Crippen LogP contribution in [0.5, 0.6) is 0 Å². The number of aryl methyl sites for hydroxylation is 1. The Kier molecular flexibility index (Phi) is 1.92. The van der Waals surface area contributed by atoms with Gasteiger partial charge >= 0.3 is 0 Å². The van der Waals surface area contributed by atoms with E-state index in [1.165, 1.54) is 16.7 Å². The van der Waals surface area contributed by atoms with Crippen molar-refractivity contribution in [1.82, 2.24) is 0 Å². The zero-order valence-corrected chi connectivity index (χ0v) is 8.30. The number of aliphatic hydroxyl groups excluding tert-OH is 1. The fourth-order valence-electron chi connectivity index (χ4n) is 2.19.